The molecule has 4 heteroatoms. The quantitative estimate of drug-likeness (QED) is 0.908. The van der Waals surface area contributed by atoms with Crippen molar-refractivity contribution in [1.29, 1.82) is 0 Å². The van der Waals surface area contributed by atoms with E-state index in [9.17, 15) is 4.79 Å². The number of nitrogens with one attached hydrogen (secondary N) is 1. The van der Waals surface area contributed by atoms with Gasteiger partial charge in [0.25, 0.3) is 0 Å². The van der Waals surface area contributed by atoms with Gasteiger partial charge in [-0.05, 0) is 57.0 Å². The van der Waals surface area contributed by atoms with E-state index in [0.717, 1.165) is 37.4 Å². The predicted molar refractivity (Wildman–Crippen MR) is 91.9 cm³/mol. The number of amides is 1. The van der Waals surface area contributed by atoms with E-state index >= 15 is 0 Å². The topological polar surface area (TPSA) is 41.6 Å². The average molecular weight is 316 g/mol. The van der Waals surface area contributed by atoms with E-state index in [1.807, 2.05) is 12.1 Å². The zero-order chi connectivity index (χ0) is 16.3. The Balaban J connectivity index is 1.51. The molecule has 1 N–H and O–H groups in total. The number of piperidine rings is 1. The van der Waals surface area contributed by atoms with E-state index in [-0.39, 0.29) is 11.4 Å². The van der Waals surface area contributed by atoms with Crippen molar-refractivity contribution in [2.45, 2.75) is 51.5 Å². The molecule has 2 heterocycles. The molecule has 126 valence electrons. The van der Waals surface area contributed by atoms with Crippen LogP contribution in [0.25, 0.3) is 0 Å². The van der Waals surface area contributed by atoms with E-state index in [4.69, 9.17) is 4.74 Å². The highest BCUT2D eigenvalue weighted by atomic mass is 16.5. The number of nitrogens with zero attached hydrogens (tertiary/aromatic N) is 1. The summed E-state index contributed by atoms with van der Waals surface area (Å²) >= 11 is 0. The van der Waals surface area contributed by atoms with Crippen molar-refractivity contribution in [2.75, 3.05) is 26.2 Å². The highest BCUT2D eigenvalue weighted by Crippen LogP contribution is 2.26. The molecule has 0 aliphatic carbocycles. The van der Waals surface area contributed by atoms with Crippen molar-refractivity contribution in [3.05, 3.63) is 29.3 Å². The van der Waals surface area contributed by atoms with Gasteiger partial charge in [-0.15, -0.1) is 0 Å². The van der Waals surface area contributed by atoms with Gasteiger partial charge in [-0.3, -0.25) is 9.69 Å². The standard InChI is InChI=1S/C19H28N2O2/c1-19(2,21-9-4-3-5-10-21)14-20-18(22)13-15-6-7-17-16(12-15)8-11-23-17/h6-7,12H,3-5,8-11,13-14H2,1-2H3,(H,20,22). The van der Waals surface area contributed by atoms with E-state index < -0.39 is 0 Å². The largest absolute Gasteiger partial charge is 0.493 e. The summed E-state index contributed by atoms with van der Waals surface area (Å²) in [5, 5.41) is 3.12. The van der Waals surface area contributed by atoms with Crippen LogP contribution >= 0.6 is 0 Å². The van der Waals surface area contributed by atoms with Gasteiger partial charge in [0.2, 0.25) is 5.91 Å². The van der Waals surface area contributed by atoms with Crippen molar-refractivity contribution in [3.8, 4) is 5.75 Å². The molecule has 0 atom stereocenters. The second-order valence-corrected chi connectivity index (χ2v) is 7.35. The summed E-state index contributed by atoms with van der Waals surface area (Å²) < 4.78 is 5.51. The third kappa shape index (κ3) is 4.05. The van der Waals surface area contributed by atoms with Crippen LogP contribution < -0.4 is 10.1 Å². The molecular weight excluding hydrogens is 288 g/mol. The Morgan fingerprint density at radius 2 is 2.04 bits per heavy atom. The first-order valence-electron chi connectivity index (χ1n) is 8.81. The monoisotopic (exact) mass is 316 g/mol. The number of hydrogen-bond acceptors (Lipinski definition) is 3. The lowest BCUT2D eigenvalue weighted by Gasteiger charge is -2.41. The second kappa shape index (κ2) is 6.91. The minimum absolute atomic E-state index is 0.0296. The van der Waals surface area contributed by atoms with Gasteiger partial charge in [0.05, 0.1) is 13.0 Å². The molecule has 1 fully saturated rings. The molecule has 1 saturated heterocycles. The number of ether oxygens (including phenoxy) is 1. The Bertz CT molecular complexity index is 562. The van der Waals surface area contributed by atoms with Crippen LogP contribution in [0.3, 0.4) is 0 Å². The molecule has 0 aromatic heterocycles. The molecule has 23 heavy (non-hydrogen) atoms. The third-order valence-corrected chi connectivity index (χ3v) is 5.05. The van der Waals surface area contributed by atoms with Crippen molar-refractivity contribution in [3.63, 3.8) is 0 Å². The van der Waals surface area contributed by atoms with Crippen LogP contribution in [0.15, 0.2) is 18.2 Å². The molecule has 1 aromatic rings. The number of likely N-dealkylation sites (tertiary alicyclic amines) is 1. The first-order valence-corrected chi connectivity index (χ1v) is 8.81. The van der Waals surface area contributed by atoms with Crippen LogP contribution in [-0.2, 0) is 17.6 Å². The molecule has 0 bridgehead atoms. The van der Waals surface area contributed by atoms with Crippen molar-refractivity contribution in [1.82, 2.24) is 10.2 Å². The van der Waals surface area contributed by atoms with E-state index in [1.165, 1.54) is 24.8 Å². The summed E-state index contributed by atoms with van der Waals surface area (Å²) in [4.78, 5) is 14.8. The summed E-state index contributed by atoms with van der Waals surface area (Å²) in [6, 6.07) is 6.10. The molecule has 2 aliphatic heterocycles. The summed E-state index contributed by atoms with van der Waals surface area (Å²) in [5.41, 5.74) is 2.33. The number of benzene rings is 1. The number of hydrogen-bond donors (Lipinski definition) is 1. The molecule has 2 aliphatic rings. The van der Waals surface area contributed by atoms with Crippen molar-refractivity contribution < 1.29 is 9.53 Å². The molecule has 0 saturated carbocycles. The Morgan fingerprint density at radius 3 is 2.83 bits per heavy atom. The van der Waals surface area contributed by atoms with Gasteiger partial charge in [0.15, 0.2) is 0 Å². The van der Waals surface area contributed by atoms with Gasteiger partial charge in [-0.2, -0.15) is 0 Å². The zero-order valence-electron chi connectivity index (χ0n) is 14.4. The molecule has 0 radical (unpaired) electrons. The second-order valence-electron chi connectivity index (χ2n) is 7.35. The minimum atomic E-state index is 0.0296. The smallest absolute Gasteiger partial charge is 0.224 e. The molecular formula is C19H28N2O2. The molecule has 0 unspecified atom stereocenters. The lowest BCUT2D eigenvalue weighted by atomic mass is 9.98. The first-order chi connectivity index (χ1) is 11.0. The highest BCUT2D eigenvalue weighted by Gasteiger charge is 2.28. The van der Waals surface area contributed by atoms with Crippen LogP contribution in [0, 0.1) is 0 Å². The van der Waals surface area contributed by atoms with Crippen LogP contribution in [0.2, 0.25) is 0 Å². The fourth-order valence-corrected chi connectivity index (χ4v) is 3.52. The van der Waals surface area contributed by atoms with Gasteiger partial charge in [0.1, 0.15) is 5.75 Å². The Labute approximate surface area is 139 Å². The Morgan fingerprint density at radius 1 is 1.26 bits per heavy atom. The molecule has 3 rings (SSSR count). The van der Waals surface area contributed by atoms with Gasteiger partial charge in [0, 0.05) is 18.5 Å². The number of carbonyl (C=O) groups excluding carboxylic acids is 1. The van der Waals surface area contributed by atoms with E-state index in [2.05, 4.69) is 30.1 Å². The first kappa shape index (κ1) is 16.3. The SMILES string of the molecule is CC(C)(CNC(=O)Cc1ccc2c(c1)CCO2)N1CCCCC1. The van der Waals surface area contributed by atoms with E-state index in [1.54, 1.807) is 0 Å². The summed E-state index contributed by atoms with van der Waals surface area (Å²) in [5.74, 6) is 1.08. The van der Waals surface area contributed by atoms with Gasteiger partial charge < -0.3 is 10.1 Å². The molecule has 0 spiro atoms. The molecule has 4 nitrogen and oxygen atoms in total. The summed E-state index contributed by atoms with van der Waals surface area (Å²) in [7, 11) is 0. The lowest BCUT2D eigenvalue weighted by molar-refractivity contribution is -0.121. The van der Waals surface area contributed by atoms with Gasteiger partial charge >= 0.3 is 0 Å². The van der Waals surface area contributed by atoms with Gasteiger partial charge in [-0.1, -0.05) is 18.6 Å². The maximum absolute atomic E-state index is 12.3. The van der Waals surface area contributed by atoms with Crippen molar-refractivity contribution in [2.24, 2.45) is 0 Å². The Kier molecular flexibility index (Phi) is 4.90. The molecule has 1 aromatic carbocycles. The molecule has 1 amide bonds. The fourth-order valence-electron chi connectivity index (χ4n) is 3.52. The highest BCUT2D eigenvalue weighted by molar-refractivity contribution is 5.78. The minimum Gasteiger partial charge on any atom is -0.493 e. The number of carbonyl (C=O) groups is 1. The van der Waals surface area contributed by atoms with Crippen LogP contribution in [-0.4, -0.2) is 42.6 Å². The summed E-state index contributed by atoms with van der Waals surface area (Å²) in [6.45, 7) is 8.22. The maximum atomic E-state index is 12.3. The number of fused-ring (bicyclic) bond motifs is 1. The number of rotatable bonds is 5. The van der Waals surface area contributed by atoms with Crippen molar-refractivity contribution >= 4 is 5.91 Å². The summed E-state index contributed by atoms with van der Waals surface area (Å²) in [6.07, 6.45) is 5.28. The predicted octanol–water partition coefficient (Wildman–Crippen LogP) is 2.54. The third-order valence-electron chi connectivity index (χ3n) is 5.05. The van der Waals surface area contributed by atoms with Crippen LogP contribution in [0.1, 0.15) is 44.2 Å². The Hall–Kier alpha value is -1.55. The average Bonchev–Trinajstić information content (AvgIpc) is 3.02. The fraction of sp³-hybridized carbons (Fsp3) is 0.632. The zero-order valence-corrected chi connectivity index (χ0v) is 14.4. The lowest BCUT2D eigenvalue weighted by Crippen LogP contribution is -2.53. The van der Waals surface area contributed by atoms with Crippen LogP contribution in [0.4, 0.5) is 0 Å². The normalized spacial score (nSPS) is 18.3. The maximum Gasteiger partial charge on any atom is 0.224 e. The van der Waals surface area contributed by atoms with Crippen LogP contribution in [0.5, 0.6) is 5.75 Å². The van der Waals surface area contributed by atoms with Gasteiger partial charge in [-0.25, -0.2) is 0 Å². The van der Waals surface area contributed by atoms with E-state index in [0.29, 0.717) is 13.0 Å².